The smallest absolute Gasteiger partial charge is 0.242 e. The lowest BCUT2D eigenvalue weighted by molar-refractivity contribution is 0.588. The second-order valence-electron chi connectivity index (χ2n) is 3.92. The number of H-pyrrole nitrogens is 1. The molecule has 19 heavy (non-hydrogen) atoms. The van der Waals surface area contributed by atoms with E-state index in [-0.39, 0.29) is 10.6 Å². The number of nitrogens with one attached hydrogen (secondary N) is 3. The van der Waals surface area contributed by atoms with Crippen LogP contribution in [-0.2, 0) is 16.6 Å². The number of hydrogen-bond donors (Lipinski definition) is 4. The zero-order valence-electron chi connectivity index (χ0n) is 10.3. The standard InChI is InChI=1S/C11H15N5O2S/c1-13-19(17,18)11-3-2-9(4-10(11)12)14-5-8-6-15-16-7-8/h2-4,6-7,13-14H,5,12H2,1H3,(H,15,16). The number of hydrogen-bond acceptors (Lipinski definition) is 5. The fourth-order valence-corrected chi connectivity index (χ4v) is 2.43. The van der Waals surface area contributed by atoms with Gasteiger partial charge in [0, 0.05) is 24.0 Å². The third kappa shape index (κ3) is 3.04. The Morgan fingerprint density at radius 2 is 2.21 bits per heavy atom. The summed E-state index contributed by atoms with van der Waals surface area (Å²) in [5.41, 5.74) is 7.69. The molecule has 2 rings (SSSR count). The van der Waals surface area contributed by atoms with E-state index in [2.05, 4.69) is 20.2 Å². The zero-order chi connectivity index (χ0) is 13.9. The largest absolute Gasteiger partial charge is 0.398 e. The highest BCUT2D eigenvalue weighted by atomic mass is 32.2. The van der Waals surface area contributed by atoms with E-state index in [4.69, 9.17) is 5.73 Å². The maximum atomic E-state index is 11.7. The Hall–Kier alpha value is -2.06. The highest BCUT2D eigenvalue weighted by Crippen LogP contribution is 2.22. The molecular weight excluding hydrogens is 266 g/mol. The van der Waals surface area contributed by atoms with Crippen molar-refractivity contribution < 1.29 is 8.42 Å². The molecule has 0 fully saturated rings. The van der Waals surface area contributed by atoms with Gasteiger partial charge >= 0.3 is 0 Å². The molecule has 1 heterocycles. The summed E-state index contributed by atoms with van der Waals surface area (Å²) in [4.78, 5) is 0.0730. The van der Waals surface area contributed by atoms with Gasteiger partial charge in [0.25, 0.3) is 0 Å². The maximum absolute atomic E-state index is 11.7. The Morgan fingerprint density at radius 3 is 2.79 bits per heavy atom. The average molecular weight is 281 g/mol. The van der Waals surface area contributed by atoms with Gasteiger partial charge in [0.05, 0.1) is 11.9 Å². The first-order valence-corrected chi connectivity index (χ1v) is 7.06. The number of aromatic amines is 1. The van der Waals surface area contributed by atoms with E-state index in [0.29, 0.717) is 6.54 Å². The minimum atomic E-state index is -3.52. The van der Waals surface area contributed by atoms with Gasteiger partial charge in [0.15, 0.2) is 0 Å². The van der Waals surface area contributed by atoms with Gasteiger partial charge in [0.2, 0.25) is 10.0 Å². The molecule has 2 aromatic rings. The van der Waals surface area contributed by atoms with Crippen molar-refractivity contribution in [1.29, 1.82) is 0 Å². The first kappa shape index (κ1) is 13.4. The van der Waals surface area contributed by atoms with Crippen molar-refractivity contribution in [3.05, 3.63) is 36.2 Å². The normalized spacial score (nSPS) is 11.4. The number of nitrogen functional groups attached to an aromatic ring is 1. The van der Waals surface area contributed by atoms with E-state index in [1.807, 2.05) is 0 Å². The third-order valence-corrected chi connectivity index (χ3v) is 4.11. The minimum Gasteiger partial charge on any atom is -0.398 e. The molecule has 8 heteroatoms. The number of anilines is 2. The van der Waals surface area contributed by atoms with Crippen molar-refractivity contribution >= 4 is 21.4 Å². The van der Waals surface area contributed by atoms with E-state index in [1.165, 1.54) is 13.1 Å². The van der Waals surface area contributed by atoms with Crippen LogP contribution in [-0.4, -0.2) is 25.7 Å². The van der Waals surface area contributed by atoms with Crippen LogP contribution >= 0.6 is 0 Å². The van der Waals surface area contributed by atoms with Crippen LogP contribution in [0.5, 0.6) is 0 Å². The SMILES string of the molecule is CNS(=O)(=O)c1ccc(NCc2cn[nH]c2)cc1N. The molecule has 0 unspecified atom stereocenters. The molecule has 7 nitrogen and oxygen atoms in total. The van der Waals surface area contributed by atoms with E-state index < -0.39 is 10.0 Å². The summed E-state index contributed by atoms with van der Waals surface area (Å²) in [6.45, 7) is 0.577. The van der Waals surface area contributed by atoms with Crippen LogP contribution < -0.4 is 15.8 Å². The summed E-state index contributed by atoms with van der Waals surface area (Å²) < 4.78 is 25.5. The molecule has 0 spiro atoms. The van der Waals surface area contributed by atoms with Crippen molar-refractivity contribution in [2.75, 3.05) is 18.1 Å². The van der Waals surface area contributed by atoms with Crippen molar-refractivity contribution in [3.8, 4) is 0 Å². The van der Waals surface area contributed by atoms with Crippen LogP contribution in [0.25, 0.3) is 0 Å². The molecule has 0 radical (unpaired) electrons. The first-order valence-electron chi connectivity index (χ1n) is 5.57. The predicted octanol–water partition coefficient (Wildman–Crippen LogP) is 0.512. The number of aromatic nitrogens is 2. The highest BCUT2D eigenvalue weighted by Gasteiger charge is 2.15. The molecule has 0 amide bonds. The van der Waals surface area contributed by atoms with Crippen LogP contribution in [0.4, 0.5) is 11.4 Å². The van der Waals surface area contributed by atoms with Gasteiger partial charge in [-0.15, -0.1) is 0 Å². The Kier molecular flexibility index (Phi) is 3.72. The average Bonchev–Trinajstić information content (AvgIpc) is 2.89. The molecular formula is C11H15N5O2S. The van der Waals surface area contributed by atoms with Crippen molar-refractivity contribution in [1.82, 2.24) is 14.9 Å². The lowest BCUT2D eigenvalue weighted by Crippen LogP contribution is -2.20. The molecule has 0 aliphatic rings. The lowest BCUT2D eigenvalue weighted by Gasteiger charge is -2.09. The molecule has 1 aromatic heterocycles. The van der Waals surface area contributed by atoms with E-state index >= 15 is 0 Å². The van der Waals surface area contributed by atoms with Gasteiger partial charge in [-0.1, -0.05) is 0 Å². The molecule has 102 valence electrons. The van der Waals surface area contributed by atoms with Crippen LogP contribution in [0.2, 0.25) is 0 Å². The monoisotopic (exact) mass is 281 g/mol. The van der Waals surface area contributed by atoms with Gasteiger partial charge in [-0.25, -0.2) is 13.1 Å². The number of rotatable bonds is 5. The second-order valence-corrected chi connectivity index (χ2v) is 5.78. The molecule has 0 aliphatic carbocycles. The molecule has 0 atom stereocenters. The number of nitrogens with zero attached hydrogens (tertiary/aromatic N) is 1. The first-order chi connectivity index (χ1) is 9.03. The van der Waals surface area contributed by atoms with E-state index in [0.717, 1.165) is 11.3 Å². The quantitative estimate of drug-likeness (QED) is 0.596. The Balaban J connectivity index is 2.15. The fraction of sp³-hybridized carbons (Fsp3) is 0.182. The number of sulfonamides is 1. The zero-order valence-corrected chi connectivity index (χ0v) is 11.2. The Bertz CT molecular complexity index is 652. The van der Waals surface area contributed by atoms with Crippen LogP contribution in [0.15, 0.2) is 35.5 Å². The van der Waals surface area contributed by atoms with Gasteiger partial charge < -0.3 is 11.1 Å². The molecule has 0 aliphatic heterocycles. The summed E-state index contributed by atoms with van der Waals surface area (Å²) in [7, 11) is -2.17. The second kappa shape index (κ2) is 5.29. The van der Waals surface area contributed by atoms with Crippen molar-refractivity contribution in [3.63, 3.8) is 0 Å². The maximum Gasteiger partial charge on any atom is 0.242 e. The van der Waals surface area contributed by atoms with Gasteiger partial charge in [-0.2, -0.15) is 5.10 Å². The summed E-state index contributed by atoms with van der Waals surface area (Å²) in [6, 6.07) is 4.73. The topological polar surface area (TPSA) is 113 Å². The fourth-order valence-electron chi connectivity index (χ4n) is 1.59. The van der Waals surface area contributed by atoms with Crippen molar-refractivity contribution in [2.45, 2.75) is 11.4 Å². The number of benzene rings is 1. The lowest BCUT2D eigenvalue weighted by atomic mass is 10.2. The summed E-state index contributed by atoms with van der Waals surface area (Å²) in [6.07, 6.45) is 3.48. The van der Waals surface area contributed by atoms with Gasteiger partial charge in [0.1, 0.15) is 4.90 Å². The van der Waals surface area contributed by atoms with Crippen molar-refractivity contribution in [2.24, 2.45) is 0 Å². The van der Waals surface area contributed by atoms with Crippen LogP contribution in [0, 0.1) is 0 Å². The predicted molar refractivity (Wildman–Crippen MR) is 73.0 cm³/mol. The molecule has 0 saturated carbocycles. The summed E-state index contributed by atoms with van der Waals surface area (Å²) >= 11 is 0. The molecule has 5 N–H and O–H groups in total. The van der Waals surface area contributed by atoms with E-state index in [9.17, 15) is 8.42 Å². The van der Waals surface area contributed by atoms with Crippen LogP contribution in [0.3, 0.4) is 0 Å². The van der Waals surface area contributed by atoms with Crippen LogP contribution in [0.1, 0.15) is 5.56 Å². The van der Waals surface area contributed by atoms with Gasteiger partial charge in [-0.05, 0) is 25.2 Å². The summed E-state index contributed by atoms with van der Waals surface area (Å²) in [5.74, 6) is 0. The molecule has 0 saturated heterocycles. The Labute approximate surface area is 111 Å². The summed E-state index contributed by atoms with van der Waals surface area (Å²) in [5, 5.41) is 9.67. The van der Waals surface area contributed by atoms with Gasteiger partial charge in [-0.3, -0.25) is 5.10 Å². The van der Waals surface area contributed by atoms with E-state index in [1.54, 1.807) is 24.5 Å². The molecule has 0 bridgehead atoms. The molecule has 1 aromatic carbocycles. The third-order valence-electron chi connectivity index (χ3n) is 2.62. The minimum absolute atomic E-state index is 0.0730. The number of nitrogens with two attached hydrogens (primary N) is 1. The Morgan fingerprint density at radius 1 is 1.42 bits per heavy atom. The highest BCUT2D eigenvalue weighted by molar-refractivity contribution is 7.89.